The lowest BCUT2D eigenvalue weighted by Crippen LogP contribution is -1.97. The molecule has 4 heteroatoms. The van der Waals surface area contributed by atoms with Gasteiger partial charge in [-0.25, -0.2) is 0 Å². The summed E-state index contributed by atoms with van der Waals surface area (Å²) in [7, 11) is 1.67. The smallest absolute Gasteiger partial charge is 0.132 e. The normalized spacial score (nSPS) is 12.2. The van der Waals surface area contributed by atoms with Gasteiger partial charge in [-0.3, -0.25) is 4.98 Å². The highest BCUT2D eigenvalue weighted by atomic mass is 32.2. The summed E-state index contributed by atoms with van der Waals surface area (Å²) in [6.45, 7) is 1.93. The Bertz CT molecular complexity index is 528. The van der Waals surface area contributed by atoms with E-state index >= 15 is 0 Å². The van der Waals surface area contributed by atoms with E-state index in [0.717, 1.165) is 15.5 Å². The van der Waals surface area contributed by atoms with Crippen molar-refractivity contribution in [1.82, 2.24) is 4.98 Å². The van der Waals surface area contributed by atoms with E-state index in [2.05, 4.69) is 4.98 Å². The Morgan fingerprint density at radius 1 is 1.26 bits per heavy atom. The molecular weight excluding hydrogens is 258 g/mol. The number of aliphatic hydroxyl groups excluding tert-OH is 1. The number of para-hydroxylation sites is 1. The maximum atomic E-state index is 9.70. The molecule has 19 heavy (non-hydrogen) atoms. The van der Waals surface area contributed by atoms with Crippen molar-refractivity contribution in [1.29, 1.82) is 0 Å². The number of nitrogens with zero attached hydrogens (tertiary/aromatic N) is 1. The second-order valence-corrected chi connectivity index (χ2v) is 5.21. The van der Waals surface area contributed by atoms with E-state index in [9.17, 15) is 5.11 Å². The van der Waals surface area contributed by atoms with Crippen molar-refractivity contribution in [3.63, 3.8) is 0 Å². The second-order valence-electron chi connectivity index (χ2n) is 4.10. The largest absolute Gasteiger partial charge is 0.496 e. The molecule has 0 fully saturated rings. The van der Waals surface area contributed by atoms with Crippen LogP contribution in [0.5, 0.6) is 5.75 Å². The van der Waals surface area contributed by atoms with Gasteiger partial charge in [0.2, 0.25) is 0 Å². The van der Waals surface area contributed by atoms with Crippen LogP contribution in [0.3, 0.4) is 0 Å². The van der Waals surface area contributed by atoms with Crippen LogP contribution in [0.4, 0.5) is 0 Å². The average molecular weight is 275 g/mol. The number of methoxy groups -OCH3 is 1. The van der Waals surface area contributed by atoms with Gasteiger partial charge in [-0.2, -0.15) is 0 Å². The van der Waals surface area contributed by atoms with Crippen molar-refractivity contribution in [3.8, 4) is 5.75 Å². The van der Waals surface area contributed by atoms with E-state index in [1.165, 1.54) is 0 Å². The average Bonchev–Trinajstić information content (AvgIpc) is 2.48. The third-order valence-electron chi connectivity index (χ3n) is 2.78. The maximum Gasteiger partial charge on any atom is 0.132 e. The lowest BCUT2D eigenvalue weighted by Gasteiger charge is -2.09. The highest BCUT2D eigenvalue weighted by Crippen LogP contribution is 2.34. The van der Waals surface area contributed by atoms with E-state index in [1.54, 1.807) is 25.1 Å². The van der Waals surface area contributed by atoms with Gasteiger partial charge < -0.3 is 9.84 Å². The molecular formula is C15H17NO2S. The third kappa shape index (κ3) is 3.49. The molecule has 0 saturated heterocycles. The van der Waals surface area contributed by atoms with Gasteiger partial charge in [-0.05, 0) is 30.7 Å². The minimum Gasteiger partial charge on any atom is -0.496 e. The zero-order valence-corrected chi connectivity index (χ0v) is 11.9. The van der Waals surface area contributed by atoms with Gasteiger partial charge in [-0.1, -0.05) is 30.8 Å². The second kappa shape index (κ2) is 6.59. The first kappa shape index (κ1) is 13.9. The fraction of sp³-hybridized carbons (Fsp3) is 0.267. The fourth-order valence-corrected chi connectivity index (χ4v) is 2.58. The number of aromatic nitrogens is 1. The Morgan fingerprint density at radius 3 is 2.68 bits per heavy atom. The quantitative estimate of drug-likeness (QED) is 0.903. The van der Waals surface area contributed by atoms with Gasteiger partial charge in [0.25, 0.3) is 0 Å². The summed E-state index contributed by atoms with van der Waals surface area (Å²) in [6.07, 6.45) is 1.97. The molecule has 0 aliphatic carbocycles. The van der Waals surface area contributed by atoms with Gasteiger partial charge in [0.1, 0.15) is 5.75 Å². The zero-order valence-electron chi connectivity index (χ0n) is 11.0. The molecule has 1 unspecified atom stereocenters. The summed E-state index contributed by atoms with van der Waals surface area (Å²) in [4.78, 5) is 6.37. The van der Waals surface area contributed by atoms with Crippen LogP contribution in [0.2, 0.25) is 0 Å². The number of ether oxygens (including phenoxy) is 1. The van der Waals surface area contributed by atoms with Gasteiger partial charge in [0, 0.05) is 11.1 Å². The topological polar surface area (TPSA) is 42.4 Å². The van der Waals surface area contributed by atoms with E-state index in [-0.39, 0.29) is 0 Å². The number of hydrogen-bond acceptors (Lipinski definition) is 4. The first-order chi connectivity index (χ1) is 9.24. The van der Waals surface area contributed by atoms with E-state index in [0.29, 0.717) is 12.1 Å². The van der Waals surface area contributed by atoms with E-state index < -0.39 is 6.10 Å². The van der Waals surface area contributed by atoms with Crippen molar-refractivity contribution in [2.24, 2.45) is 0 Å². The third-order valence-corrected chi connectivity index (χ3v) is 3.82. The molecule has 1 atom stereocenters. The Kier molecular flexibility index (Phi) is 4.82. The first-order valence-electron chi connectivity index (χ1n) is 6.19. The van der Waals surface area contributed by atoms with Gasteiger partial charge in [0.15, 0.2) is 0 Å². The number of rotatable bonds is 5. The molecule has 1 aromatic heterocycles. The molecule has 0 saturated carbocycles. The minimum atomic E-state index is -0.481. The summed E-state index contributed by atoms with van der Waals surface area (Å²) < 4.78 is 5.32. The molecule has 1 aromatic carbocycles. The summed E-state index contributed by atoms with van der Waals surface area (Å²) in [5, 5.41) is 9.70. The van der Waals surface area contributed by atoms with Gasteiger partial charge in [-0.15, -0.1) is 0 Å². The van der Waals surface area contributed by atoms with Crippen LogP contribution >= 0.6 is 11.8 Å². The van der Waals surface area contributed by atoms with Gasteiger partial charge >= 0.3 is 0 Å². The highest BCUT2D eigenvalue weighted by Gasteiger charge is 2.08. The van der Waals surface area contributed by atoms with Crippen molar-refractivity contribution in [2.75, 3.05) is 7.11 Å². The molecule has 2 rings (SSSR count). The van der Waals surface area contributed by atoms with Crippen LogP contribution in [-0.4, -0.2) is 17.2 Å². The van der Waals surface area contributed by atoms with E-state index in [1.807, 2.05) is 43.3 Å². The molecule has 100 valence electrons. The summed E-state index contributed by atoms with van der Waals surface area (Å²) in [5.41, 5.74) is 0.715. The molecule has 0 bridgehead atoms. The number of hydrogen-bond donors (Lipinski definition) is 1. The molecule has 0 radical (unpaired) electrons. The molecule has 2 aromatic rings. The predicted molar refractivity (Wildman–Crippen MR) is 76.6 cm³/mol. The van der Waals surface area contributed by atoms with Gasteiger partial charge in [0.05, 0.1) is 23.8 Å². The Balaban J connectivity index is 2.15. The monoisotopic (exact) mass is 275 g/mol. The maximum absolute atomic E-state index is 9.70. The molecule has 0 amide bonds. The van der Waals surface area contributed by atoms with Crippen LogP contribution in [0.25, 0.3) is 0 Å². The Labute approximate surface area is 117 Å². The molecule has 1 heterocycles. The van der Waals surface area contributed by atoms with Crippen molar-refractivity contribution in [2.45, 2.75) is 29.2 Å². The molecule has 0 spiro atoms. The number of benzene rings is 1. The Morgan fingerprint density at radius 2 is 2.05 bits per heavy atom. The SMILES string of the molecule is CCC(O)c1ccc(Sc2ccccc2OC)cn1. The lowest BCUT2D eigenvalue weighted by atomic mass is 10.2. The standard InChI is InChI=1S/C15H17NO2S/c1-3-13(17)12-9-8-11(10-16-12)19-15-7-5-4-6-14(15)18-2/h4-10,13,17H,3H2,1-2H3. The number of aliphatic hydroxyl groups is 1. The fourth-order valence-electron chi connectivity index (χ4n) is 1.69. The molecule has 3 nitrogen and oxygen atoms in total. The molecule has 0 aliphatic heterocycles. The predicted octanol–water partition coefficient (Wildman–Crippen LogP) is 3.68. The van der Waals surface area contributed by atoms with Crippen LogP contribution in [0.15, 0.2) is 52.4 Å². The van der Waals surface area contributed by atoms with E-state index in [4.69, 9.17) is 4.74 Å². The van der Waals surface area contributed by atoms with Crippen molar-refractivity contribution < 1.29 is 9.84 Å². The van der Waals surface area contributed by atoms with Crippen LogP contribution < -0.4 is 4.74 Å². The molecule has 0 aliphatic rings. The Hall–Kier alpha value is -1.52. The minimum absolute atomic E-state index is 0.481. The van der Waals surface area contributed by atoms with Crippen molar-refractivity contribution in [3.05, 3.63) is 48.3 Å². The summed E-state index contributed by atoms with van der Waals surface area (Å²) in [6, 6.07) is 11.7. The highest BCUT2D eigenvalue weighted by molar-refractivity contribution is 7.99. The summed E-state index contributed by atoms with van der Waals surface area (Å²) >= 11 is 1.60. The lowest BCUT2D eigenvalue weighted by molar-refractivity contribution is 0.169. The van der Waals surface area contributed by atoms with Crippen LogP contribution in [0, 0.1) is 0 Å². The van der Waals surface area contributed by atoms with Crippen LogP contribution in [0.1, 0.15) is 25.1 Å². The molecule has 1 N–H and O–H groups in total. The van der Waals surface area contributed by atoms with Crippen LogP contribution in [-0.2, 0) is 0 Å². The zero-order chi connectivity index (χ0) is 13.7. The summed E-state index contributed by atoms with van der Waals surface area (Å²) in [5.74, 6) is 0.852. The first-order valence-corrected chi connectivity index (χ1v) is 7.01. The number of pyridine rings is 1. The van der Waals surface area contributed by atoms with Crippen molar-refractivity contribution >= 4 is 11.8 Å².